The normalized spacial score (nSPS) is 32.4. The maximum atomic E-state index is 12.0. The molecule has 0 bridgehead atoms. The Kier molecular flexibility index (Phi) is 4.54. The van der Waals surface area contributed by atoms with Gasteiger partial charge in [-0.2, -0.15) is 11.8 Å². The van der Waals surface area contributed by atoms with Gasteiger partial charge in [0.2, 0.25) is 0 Å². The van der Waals surface area contributed by atoms with Crippen LogP contribution in [0.25, 0.3) is 0 Å². The second-order valence-electron chi connectivity index (χ2n) is 7.47. The first-order valence-electron chi connectivity index (χ1n) is 9.13. The lowest BCUT2D eigenvalue weighted by atomic mass is 9.83. The van der Waals surface area contributed by atoms with Crippen molar-refractivity contribution in [2.45, 2.75) is 55.3 Å². The zero-order chi connectivity index (χ0) is 17.4. The molecule has 0 aliphatic carbocycles. The number of thioether (sulfide) groups is 1. The largest absolute Gasteiger partial charge is 0.508 e. The summed E-state index contributed by atoms with van der Waals surface area (Å²) in [6.45, 7) is 4.20. The van der Waals surface area contributed by atoms with Crippen molar-refractivity contribution >= 4 is 17.7 Å². The van der Waals surface area contributed by atoms with E-state index in [0.717, 1.165) is 42.8 Å². The van der Waals surface area contributed by atoms with Gasteiger partial charge in [-0.15, -0.1) is 0 Å². The van der Waals surface area contributed by atoms with Gasteiger partial charge in [-0.3, -0.25) is 4.90 Å². The number of nitrogens with zero attached hydrogens (tertiary/aromatic N) is 1. The first-order valence-corrected chi connectivity index (χ1v) is 10.2. The minimum absolute atomic E-state index is 0.186. The third-order valence-electron chi connectivity index (χ3n) is 5.84. The Morgan fingerprint density at radius 1 is 1.36 bits per heavy atom. The van der Waals surface area contributed by atoms with Gasteiger partial charge in [0.05, 0.1) is 6.04 Å². The molecule has 1 aromatic carbocycles. The zero-order valence-corrected chi connectivity index (χ0v) is 15.4. The van der Waals surface area contributed by atoms with Gasteiger partial charge >= 0.3 is 5.97 Å². The van der Waals surface area contributed by atoms with E-state index in [-0.39, 0.29) is 5.97 Å². The molecule has 0 amide bonds. The molecule has 134 valence electrons. The van der Waals surface area contributed by atoms with Crippen LogP contribution >= 0.6 is 11.8 Å². The van der Waals surface area contributed by atoms with E-state index in [1.165, 1.54) is 12.8 Å². The fourth-order valence-electron chi connectivity index (χ4n) is 4.49. The van der Waals surface area contributed by atoms with Gasteiger partial charge in [0, 0.05) is 29.2 Å². The molecule has 2 fully saturated rings. The molecule has 3 heterocycles. The summed E-state index contributed by atoms with van der Waals surface area (Å²) < 4.78 is 5.81. The number of phenols is 1. The number of carbonyl (C=O) groups is 1. The summed E-state index contributed by atoms with van der Waals surface area (Å²) in [5.41, 5.74) is 1.67. The molecular formula is C20H25NO3S. The van der Waals surface area contributed by atoms with Crippen LogP contribution in [-0.4, -0.2) is 46.0 Å². The van der Waals surface area contributed by atoms with Crippen molar-refractivity contribution in [2.24, 2.45) is 0 Å². The highest BCUT2D eigenvalue weighted by molar-refractivity contribution is 7.99. The van der Waals surface area contributed by atoms with E-state index in [0.29, 0.717) is 17.0 Å². The van der Waals surface area contributed by atoms with Crippen LogP contribution in [0.3, 0.4) is 0 Å². The zero-order valence-electron chi connectivity index (χ0n) is 14.6. The molecule has 0 radical (unpaired) electrons. The average molecular weight is 359 g/mol. The van der Waals surface area contributed by atoms with E-state index in [1.807, 2.05) is 30.0 Å². The lowest BCUT2D eigenvalue weighted by Crippen LogP contribution is -2.53. The van der Waals surface area contributed by atoms with Crippen LogP contribution in [0.15, 0.2) is 35.9 Å². The van der Waals surface area contributed by atoms with Crippen molar-refractivity contribution < 1.29 is 14.6 Å². The van der Waals surface area contributed by atoms with Gasteiger partial charge in [0.1, 0.15) is 11.4 Å². The van der Waals surface area contributed by atoms with E-state index >= 15 is 0 Å². The Morgan fingerprint density at radius 2 is 2.20 bits per heavy atom. The number of hydrogen-bond donors (Lipinski definition) is 1. The van der Waals surface area contributed by atoms with E-state index in [9.17, 15) is 9.90 Å². The Balaban J connectivity index is 1.55. The highest BCUT2D eigenvalue weighted by atomic mass is 32.2. The average Bonchev–Trinajstić information content (AvgIpc) is 2.83. The third kappa shape index (κ3) is 3.20. The second kappa shape index (κ2) is 6.69. The maximum Gasteiger partial charge on any atom is 0.331 e. The van der Waals surface area contributed by atoms with Gasteiger partial charge in [-0.25, -0.2) is 4.79 Å². The number of para-hydroxylation sites is 1. The van der Waals surface area contributed by atoms with Crippen molar-refractivity contribution in [1.82, 2.24) is 4.90 Å². The van der Waals surface area contributed by atoms with Gasteiger partial charge < -0.3 is 9.84 Å². The highest BCUT2D eigenvalue weighted by Gasteiger charge is 2.51. The van der Waals surface area contributed by atoms with E-state index in [1.54, 1.807) is 12.1 Å². The number of benzene rings is 1. The van der Waals surface area contributed by atoms with Crippen LogP contribution in [0.1, 0.15) is 38.2 Å². The molecule has 5 heteroatoms. The van der Waals surface area contributed by atoms with E-state index < -0.39 is 5.60 Å². The monoisotopic (exact) mass is 359 g/mol. The lowest BCUT2D eigenvalue weighted by Gasteiger charge is -2.43. The third-order valence-corrected chi connectivity index (χ3v) is 7.11. The van der Waals surface area contributed by atoms with E-state index in [4.69, 9.17) is 4.74 Å². The molecule has 3 atom stereocenters. The minimum Gasteiger partial charge on any atom is -0.508 e. The Bertz CT molecular complexity index is 704. The second-order valence-corrected chi connectivity index (χ2v) is 8.76. The van der Waals surface area contributed by atoms with Crippen LogP contribution in [0.2, 0.25) is 0 Å². The first-order chi connectivity index (χ1) is 12.1. The maximum absolute atomic E-state index is 12.0. The molecular weight excluding hydrogens is 334 g/mol. The molecule has 1 unspecified atom stereocenters. The van der Waals surface area contributed by atoms with Crippen LogP contribution in [-0.2, 0) is 15.3 Å². The fourth-order valence-corrected chi connectivity index (χ4v) is 5.74. The molecule has 0 aromatic heterocycles. The summed E-state index contributed by atoms with van der Waals surface area (Å²) in [4.78, 5) is 14.5. The van der Waals surface area contributed by atoms with Crippen molar-refractivity contribution in [3.8, 4) is 5.75 Å². The van der Waals surface area contributed by atoms with Crippen LogP contribution in [0.5, 0.6) is 5.75 Å². The number of esters is 1. The quantitative estimate of drug-likeness (QED) is 0.837. The molecule has 0 saturated carbocycles. The van der Waals surface area contributed by atoms with Crippen molar-refractivity contribution in [3.05, 3.63) is 41.5 Å². The summed E-state index contributed by atoms with van der Waals surface area (Å²) in [5.74, 6) is 0.964. The number of aromatic hydroxyl groups is 1. The molecule has 4 rings (SSSR count). The number of piperidine rings is 1. The molecule has 3 aliphatic rings. The molecule has 1 N–H and O–H groups in total. The summed E-state index contributed by atoms with van der Waals surface area (Å²) in [7, 11) is 0. The summed E-state index contributed by atoms with van der Waals surface area (Å²) in [6.07, 6.45) is 6.13. The molecule has 4 nitrogen and oxygen atoms in total. The lowest BCUT2D eigenvalue weighted by molar-refractivity contribution is -0.150. The molecule has 25 heavy (non-hydrogen) atoms. The predicted molar refractivity (Wildman–Crippen MR) is 99.6 cm³/mol. The number of fused-ring (bicyclic) bond motifs is 3. The van der Waals surface area contributed by atoms with Crippen molar-refractivity contribution in [3.63, 3.8) is 0 Å². The topological polar surface area (TPSA) is 49.8 Å². The van der Waals surface area contributed by atoms with Crippen LogP contribution in [0.4, 0.5) is 0 Å². The molecule has 1 aromatic rings. The Hall–Kier alpha value is -1.46. The van der Waals surface area contributed by atoms with E-state index in [2.05, 4.69) is 11.8 Å². The fraction of sp³-hybridized carbons (Fsp3) is 0.550. The van der Waals surface area contributed by atoms with Crippen LogP contribution in [0, 0.1) is 0 Å². The number of phenolic OH excluding ortho intramolecular Hbond substituents is 1. The Morgan fingerprint density at radius 3 is 3.04 bits per heavy atom. The van der Waals surface area contributed by atoms with Gasteiger partial charge in [-0.05, 0) is 44.4 Å². The SMILES string of the molecule is C[C@]12OC(=O)C=C1CC(SCc1ccccc1O)CN1CCCC[C@@H]12. The van der Waals surface area contributed by atoms with Gasteiger partial charge in [0.15, 0.2) is 0 Å². The predicted octanol–water partition coefficient (Wildman–Crippen LogP) is 3.49. The summed E-state index contributed by atoms with van der Waals surface area (Å²) >= 11 is 1.87. The molecule has 3 aliphatic heterocycles. The number of hydrogen-bond acceptors (Lipinski definition) is 5. The first kappa shape index (κ1) is 17.0. The smallest absolute Gasteiger partial charge is 0.331 e. The van der Waals surface area contributed by atoms with Crippen molar-refractivity contribution in [2.75, 3.05) is 13.1 Å². The number of rotatable bonds is 3. The van der Waals surface area contributed by atoms with Gasteiger partial charge in [-0.1, -0.05) is 24.6 Å². The molecule has 0 spiro atoms. The molecule has 2 saturated heterocycles. The Labute approximate surface area is 153 Å². The highest BCUT2D eigenvalue weighted by Crippen LogP contribution is 2.44. The number of carbonyl (C=O) groups excluding carboxylic acids is 1. The summed E-state index contributed by atoms with van der Waals surface area (Å²) in [5, 5.41) is 10.4. The van der Waals surface area contributed by atoms with Gasteiger partial charge in [0.25, 0.3) is 0 Å². The summed E-state index contributed by atoms with van der Waals surface area (Å²) in [6, 6.07) is 7.84. The standard InChI is InChI=1S/C20H25NO3S/c1-20-15(11-19(23)24-20)10-16(12-21-9-5-4-8-18(20)21)25-13-14-6-2-3-7-17(14)22/h2-3,6-7,11,16,18,22H,4-5,8-10,12-13H2,1H3/t16?,18-,20+/m1/s1. The van der Waals surface area contributed by atoms with Crippen molar-refractivity contribution in [1.29, 1.82) is 0 Å². The minimum atomic E-state index is -0.457. The van der Waals surface area contributed by atoms with Crippen LogP contribution < -0.4 is 0 Å². The number of ether oxygens (including phenoxy) is 1.